The Hall–Kier alpha value is -2.56. The zero-order valence-electron chi connectivity index (χ0n) is 15.4. The molecule has 0 spiro atoms. The number of rotatable bonds is 8. The minimum atomic E-state index is 0.510. The van der Waals surface area contributed by atoms with Crippen molar-refractivity contribution < 1.29 is 4.74 Å². The molecule has 0 unspecified atom stereocenters. The van der Waals surface area contributed by atoms with Gasteiger partial charge in [0.05, 0.1) is 0 Å². The number of benzene rings is 1. The number of ether oxygens (including phenoxy) is 1. The first kappa shape index (κ1) is 18.8. The molecule has 0 bridgehead atoms. The number of guanidine groups is 1. The molecule has 5 heteroatoms. The number of nitrogens with one attached hydrogen (secondary N) is 1. The van der Waals surface area contributed by atoms with Crippen molar-refractivity contribution in [2.45, 2.75) is 32.9 Å². The van der Waals surface area contributed by atoms with E-state index in [9.17, 15) is 0 Å². The summed E-state index contributed by atoms with van der Waals surface area (Å²) in [4.78, 5) is 10.9. The third kappa shape index (κ3) is 6.10. The molecule has 0 radical (unpaired) electrons. The minimum absolute atomic E-state index is 0.510. The van der Waals surface area contributed by atoms with Crippen LogP contribution in [0.4, 0.5) is 0 Å². The molecule has 2 rings (SSSR count). The fraction of sp³-hybridized carbons (Fsp3) is 0.400. The highest BCUT2D eigenvalue weighted by Gasteiger charge is 2.09. The van der Waals surface area contributed by atoms with Gasteiger partial charge >= 0.3 is 0 Å². The lowest BCUT2D eigenvalue weighted by Gasteiger charge is -2.22. The molecule has 0 saturated carbocycles. The third-order valence-electron chi connectivity index (χ3n) is 3.93. The molecular formula is C20H28N4O. The van der Waals surface area contributed by atoms with Crippen LogP contribution in [0.15, 0.2) is 53.7 Å². The molecule has 0 saturated heterocycles. The molecule has 134 valence electrons. The van der Waals surface area contributed by atoms with Gasteiger partial charge in [0.2, 0.25) is 5.88 Å². The number of nitrogens with zero attached hydrogens (tertiary/aromatic N) is 3. The van der Waals surface area contributed by atoms with Gasteiger partial charge < -0.3 is 15.0 Å². The van der Waals surface area contributed by atoms with Crippen LogP contribution < -0.4 is 10.1 Å². The van der Waals surface area contributed by atoms with E-state index >= 15 is 0 Å². The van der Waals surface area contributed by atoms with Crippen LogP contribution >= 0.6 is 0 Å². The molecule has 0 aliphatic carbocycles. The topological polar surface area (TPSA) is 49.8 Å². The second-order valence-electron chi connectivity index (χ2n) is 5.92. The van der Waals surface area contributed by atoms with Gasteiger partial charge in [0, 0.05) is 38.9 Å². The van der Waals surface area contributed by atoms with E-state index in [4.69, 9.17) is 4.74 Å². The Kier molecular flexibility index (Phi) is 7.76. The molecule has 0 aliphatic rings. The number of pyridine rings is 1. The summed E-state index contributed by atoms with van der Waals surface area (Å²) in [5.41, 5.74) is 2.14. The van der Waals surface area contributed by atoms with Crippen molar-refractivity contribution in [3.8, 4) is 5.88 Å². The number of aromatic nitrogens is 1. The van der Waals surface area contributed by atoms with Crippen LogP contribution in [0.5, 0.6) is 5.88 Å². The monoisotopic (exact) mass is 340 g/mol. The van der Waals surface area contributed by atoms with E-state index in [1.807, 2.05) is 42.5 Å². The quantitative estimate of drug-likeness (QED) is 0.590. The Labute approximate surface area is 150 Å². The standard InChI is InChI=1S/C20H28N4O/c1-4-5-14-24(3)20(21-2)23-15-18-12-9-13-22-19(18)25-16-17-10-7-6-8-11-17/h6-13H,4-5,14-16H2,1-3H3,(H,21,23). The van der Waals surface area contributed by atoms with Crippen LogP contribution in [0.2, 0.25) is 0 Å². The van der Waals surface area contributed by atoms with Crippen molar-refractivity contribution in [2.75, 3.05) is 20.6 Å². The molecule has 0 fully saturated rings. The molecule has 1 heterocycles. The van der Waals surface area contributed by atoms with Gasteiger partial charge in [-0.2, -0.15) is 0 Å². The summed E-state index contributed by atoms with van der Waals surface area (Å²) in [7, 11) is 3.86. The average molecular weight is 340 g/mol. The molecule has 0 amide bonds. The van der Waals surface area contributed by atoms with E-state index in [0.717, 1.165) is 30.1 Å². The fourth-order valence-electron chi connectivity index (χ4n) is 2.47. The normalized spacial score (nSPS) is 11.2. The molecule has 1 N–H and O–H groups in total. The Balaban J connectivity index is 1.95. The molecule has 1 aromatic heterocycles. The predicted molar refractivity (Wildman–Crippen MR) is 103 cm³/mol. The molecule has 0 atom stereocenters. The third-order valence-corrected chi connectivity index (χ3v) is 3.93. The number of aliphatic imine (C=N–C) groups is 1. The predicted octanol–water partition coefficient (Wildman–Crippen LogP) is 3.47. The van der Waals surface area contributed by atoms with Crippen molar-refractivity contribution in [1.82, 2.24) is 15.2 Å². The van der Waals surface area contributed by atoms with E-state index in [0.29, 0.717) is 19.0 Å². The molecule has 5 nitrogen and oxygen atoms in total. The van der Waals surface area contributed by atoms with Gasteiger partial charge in [-0.25, -0.2) is 4.98 Å². The number of unbranched alkanes of at least 4 members (excludes halogenated alkanes) is 1. The van der Waals surface area contributed by atoms with Crippen molar-refractivity contribution in [3.05, 3.63) is 59.8 Å². The van der Waals surface area contributed by atoms with Crippen LogP contribution in [0.1, 0.15) is 30.9 Å². The summed E-state index contributed by atoms with van der Waals surface area (Å²) in [6, 6.07) is 14.1. The van der Waals surface area contributed by atoms with Crippen LogP contribution in [0, 0.1) is 0 Å². The second kappa shape index (κ2) is 10.3. The smallest absolute Gasteiger partial charge is 0.218 e. The van der Waals surface area contributed by atoms with Gasteiger partial charge in [0.15, 0.2) is 5.96 Å². The molecule has 0 aliphatic heterocycles. The Morgan fingerprint density at radius 2 is 2.00 bits per heavy atom. The summed E-state index contributed by atoms with van der Waals surface area (Å²) in [5, 5.41) is 3.39. The Morgan fingerprint density at radius 3 is 2.72 bits per heavy atom. The summed E-state index contributed by atoms with van der Waals surface area (Å²) < 4.78 is 5.91. The maximum atomic E-state index is 5.91. The van der Waals surface area contributed by atoms with Crippen LogP contribution in [0.3, 0.4) is 0 Å². The minimum Gasteiger partial charge on any atom is -0.473 e. The lowest BCUT2D eigenvalue weighted by Crippen LogP contribution is -2.39. The van der Waals surface area contributed by atoms with E-state index in [2.05, 4.69) is 34.2 Å². The van der Waals surface area contributed by atoms with E-state index in [1.165, 1.54) is 6.42 Å². The molecular weight excluding hydrogens is 312 g/mol. The van der Waals surface area contributed by atoms with Crippen LogP contribution in [-0.4, -0.2) is 36.5 Å². The summed E-state index contributed by atoms with van der Waals surface area (Å²) in [6.07, 6.45) is 4.07. The van der Waals surface area contributed by atoms with Crippen molar-refractivity contribution in [3.63, 3.8) is 0 Å². The first-order chi connectivity index (χ1) is 12.2. The van der Waals surface area contributed by atoms with Gasteiger partial charge in [-0.05, 0) is 18.1 Å². The second-order valence-corrected chi connectivity index (χ2v) is 5.92. The zero-order chi connectivity index (χ0) is 17.9. The van der Waals surface area contributed by atoms with Gasteiger partial charge in [0.25, 0.3) is 0 Å². The van der Waals surface area contributed by atoms with Gasteiger partial charge in [-0.3, -0.25) is 4.99 Å². The number of hydrogen-bond acceptors (Lipinski definition) is 3. The average Bonchev–Trinajstić information content (AvgIpc) is 2.66. The fourth-order valence-corrected chi connectivity index (χ4v) is 2.47. The Morgan fingerprint density at radius 1 is 1.20 bits per heavy atom. The van der Waals surface area contributed by atoms with Crippen molar-refractivity contribution >= 4 is 5.96 Å². The van der Waals surface area contributed by atoms with E-state index < -0.39 is 0 Å². The first-order valence-electron chi connectivity index (χ1n) is 8.77. The zero-order valence-corrected chi connectivity index (χ0v) is 15.4. The van der Waals surface area contributed by atoms with E-state index in [1.54, 1.807) is 13.2 Å². The maximum Gasteiger partial charge on any atom is 0.218 e. The lowest BCUT2D eigenvalue weighted by atomic mass is 10.2. The van der Waals surface area contributed by atoms with Crippen molar-refractivity contribution in [2.24, 2.45) is 4.99 Å². The van der Waals surface area contributed by atoms with Gasteiger partial charge in [-0.1, -0.05) is 49.7 Å². The highest BCUT2D eigenvalue weighted by atomic mass is 16.5. The Bertz CT molecular complexity index is 658. The maximum absolute atomic E-state index is 5.91. The number of hydrogen-bond donors (Lipinski definition) is 1. The van der Waals surface area contributed by atoms with Crippen molar-refractivity contribution in [1.29, 1.82) is 0 Å². The highest BCUT2D eigenvalue weighted by molar-refractivity contribution is 5.79. The summed E-state index contributed by atoms with van der Waals surface area (Å²) in [6.45, 7) is 4.31. The van der Waals surface area contributed by atoms with Gasteiger partial charge in [-0.15, -0.1) is 0 Å². The molecule has 25 heavy (non-hydrogen) atoms. The summed E-state index contributed by atoms with van der Waals surface area (Å²) >= 11 is 0. The lowest BCUT2D eigenvalue weighted by molar-refractivity contribution is 0.290. The molecule has 2 aromatic rings. The summed E-state index contributed by atoms with van der Waals surface area (Å²) in [5.74, 6) is 1.54. The van der Waals surface area contributed by atoms with Gasteiger partial charge in [0.1, 0.15) is 6.61 Å². The largest absolute Gasteiger partial charge is 0.473 e. The van der Waals surface area contributed by atoms with Crippen LogP contribution in [0.25, 0.3) is 0 Å². The van der Waals surface area contributed by atoms with Crippen LogP contribution in [-0.2, 0) is 13.2 Å². The molecule has 1 aromatic carbocycles. The SMILES string of the molecule is CCCCN(C)C(=NC)NCc1cccnc1OCc1ccccc1. The first-order valence-corrected chi connectivity index (χ1v) is 8.77. The van der Waals surface area contributed by atoms with E-state index in [-0.39, 0.29) is 0 Å². The highest BCUT2D eigenvalue weighted by Crippen LogP contribution is 2.16.